The van der Waals surface area contributed by atoms with Crippen molar-refractivity contribution in [2.75, 3.05) is 11.9 Å². The second kappa shape index (κ2) is 9.40. The highest BCUT2D eigenvalue weighted by Crippen LogP contribution is 2.32. The molecule has 0 saturated heterocycles. The largest absolute Gasteiger partial charge is 0.394 e. The van der Waals surface area contributed by atoms with Gasteiger partial charge < -0.3 is 20.0 Å². The Morgan fingerprint density at radius 1 is 1.09 bits per heavy atom. The molecule has 33 heavy (non-hydrogen) atoms. The number of H-pyrrole nitrogens is 1. The van der Waals surface area contributed by atoms with Crippen LogP contribution in [0.2, 0.25) is 5.15 Å². The molecule has 0 aliphatic rings. The number of nitrogens with zero attached hydrogens (tertiary/aromatic N) is 5. The number of anilines is 1. The molecule has 0 aliphatic carbocycles. The van der Waals surface area contributed by atoms with Gasteiger partial charge >= 0.3 is 0 Å². The molecule has 1 atom stereocenters. The van der Waals surface area contributed by atoms with E-state index in [9.17, 15) is 5.11 Å². The van der Waals surface area contributed by atoms with Gasteiger partial charge in [0, 0.05) is 18.9 Å². The highest BCUT2D eigenvalue weighted by molar-refractivity contribution is 6.32. The molecule has 0 fully saturated rings. The lowest BCUT2D eigenvalue weighted by molar-refractivity contribution is 0.273. The van der Waals surface area contributed by atoms with E-state index in [1.54, 1.807) is 12.5 Å². The van der Waals surface area contributed by atoms with Gasteiger partial charge in [-0.15, -0.1) is 0 Å². The molecule has 5 rings (SSSR count). The predicted molar refractivity (Wildman–Crippen MR) is 128 cm³/mol. The van der Waals surface area contributed by atoms with Crippen molar-refractivity contribution in [3.8, 4) is 11.4 Å². The molecule has 0 bridgehead atoms. The molecule has 2 aromatic carbocycles. The lowest BCUT2D eigenvalue weighted by Crippen LogP contribution is -2.27. The third-order valence-electron chi connectivity index (χ3n) is 5.39. The smallest absolute Gasteiger partial charge is 0.145 e. The number of benzene rings is 2. The Kier molecular flexibility index (Phi) is 6.01. The van der Waals surface area contributed by atoms with Crippen molar-refractivity contribution >= 4 is 28.5 Å². The summed E-state index contributed by atoms with van der Waals surface area (Å²) in [6, 6.07) is 15.8. The van der Waals surface area contributed by atoms with E-state index in [0.717, 1.165) is 22.2 Å². The summed E-state index contributed by atoms with van der Waals surface area (Å²) < 4.78 is 2.00. The number of hydrogen-bond acceptors (Lipinski definition) is 6. The average Bonchev–Trinajstić information content (AvgIpc) is 3.49. The highest BCUT2D eigenvalue weighted by Gasteiger charge is 2.19. The Morgan fingerprint density at radius 2 is 1.97 bits per heavy atom. The van der Waals surface area contributed by atoms with Gasteiger partial charge in [-0.25, -0.2) is 19.9 Å². The maximum Gasteiger partial charge on any atom is 0.145 e. The first kappa shape index (κ1) is 21.1. The molecule has 3 aromatic heterocycles. The topological polar surface area (TPSA) is 105 Å². The molecule has 0 amide bonds. The summed E-state index contributed by atoms with van der Waals surface area (Å²) in [4.78, 5) is 20.7. The van der Waals surface area contributed by atoms with E-state index in [-0.39, 0.29) is 17.8 Å². The van der Waals surface area contributed by atoms with Crippen LogP contribution in [0, 0.1) is 0 Å². The Labute approximate surface area is 195 Å². The van der Waals surface area contributed by atoms with Crippen LogP contribution in [0.3, 0.4) is 0 Å². The van der Waals surface area contributed by atoms with Gasteiger partial charge in [0.05, 0.1) is 35.6 Å². The second-order valence-electron chi connectivity index (χ2n) is 7.77. The summed E-state index contributed by atoms with van der Waals surface area (Å²) >= 11 is 6.48. The van der Waals surface area contributed by atoms with Crippen molar-refractivity contribution in [3.05, 3.63) is 89.9 Å². The van der Waals surface area contributed by atoms with Crippen LogP contribution in [0.25, 0.3) is 22.4 Å². The lowest BCUT2D eigenvalue weighted by Gasteiger charge is -2.19. The highest BCUT2D eigenvalue weighted by atomic mass is 35.5. The van der Waals surface area contributed by atoms with Crippen LogP contribution in [0.1, 0.15) is 11.1 Å². The Morgan fingerprint density at radius 3 is 2.76 bits per heavy atom. The molecule has 8 nitrogen and oxygen atoms in total. The van der Waals surface area contributed by atoms with E-state index in [1.807, 2.05) is 53.2 Å². The number of rotatable bonds is 8. The zero-order valence-corrected chi connectivity index (χ0v) is 18.4. The molecule has 9 heteroatoms. The quantitative estimate of drug-likeness (QED) is 0.304. The molecular formula is C24H22ClN7O. The van der Waals surface area contributed by atoms with Gasteiger partial charge in [0.2, 0.25) is 0 Å². The normalized spacial score (nSPS) is 12.2. The molecule has 0 radical (unpaired) electrons. The minimum Gasteiger partial charge on any atom is -0.394 e. The van der Waals surface area contributed by atoms with E-state index in [1.165, 1.54) is 6.33 Å². The summed E-state index contributed by atoms with van der Waals surface area (Å²) in [6.07, 6.45) is 7.51. The molecule has 0 spiro atoms. The predicted octanol–water partition coefficient (Wildman–Crippen LogP) is 3.93. The van der Waals surface area contributed by atoms with Gasteiger partial charge in [-0.2, -0.15) is 0 Å². The van der Waals surface area contributed by atoms with E-state index in [4.69, 9.17) is 16.6 Å². The second-order valence-corrected chi connectivity index (χ2v) is 8.13. The summed E-state index contributed by atoms with van der Waals surface area (Å²) in [6.45, 7) is 0.650. The minimum absolute atomic E-state index is 0.0618. The lowest BCUT2D eigenvalue weighted by atomic mass is 10.1. The van der Waals surface area contributed by atoms with Crippen LogP contribution in [-0.2, 0) is 13.0 Å². The van der Waals surface area contributed by atoms with Crippen molar-refractivity contribution in [2.45, 2.75) is 19.0 Å². The maximum atomic E-state index is 9.96. The number of halogens is 1. The summed E-state index contributed by atoms with van der Waals surface area (Å²) in [5.74, 6) is 1.08. The monoisotopic (exact) mass is 459 g/mol. The number of hydrogen-bond donors (Lipinski definition) is 3. The molecule has 3 heterocycles. The number of aromatic amines is 1. The molecule has 166 valence electrons. The van der Waals surface area contributed by atoms with Crippen LogP contribution in [0.4, 0.5) is 5.82 Å². The summed E-state index contributed by atoms with van der Waals surface area (Å²) in [7, 11) is 0. The van der Waals surface area contributed by atoms with Gasteiger partial charge in [0.1, 0.15) is 23.1 Å². The molecule has 0 aliphatic heterocycles. The standard InChI is InChI=1S/C24H22ClN7O/c25-22-21(23(28-14-27-22)29-18(13-33)10-16-4-2-1-3-5-16)24-30-19-7-6-17(11-20(19)31-24)12-32-9-8-26-15-32/h1-9,11,14-15,18,33H,10,12-13H2,(H,30,31)(H,27,28,29)/t18-/m0/s1. The fourth-order valence-corrected chi connectivity index (χ4v) is 4.02. The average molecular weight is 460 g/mol. The van der Waals surface area contributed by atoms with Crippen molar-refractivity contribution in [1.82, 2.24) is 29.5 Å². The molecule has 5 aromatic rings. The Hall–Kier alpha value is -3.75. The number of nitrogens with one attached hydrogen (secondary N) is 2. The van der Waals surface area contributed by atoms with E-state index in [0.29, 0.717) is 30.2 Å². The van der Waals surface area contributed by atoms with Crippen LogP contribution < -0.4 is 5.32 Å². The summed E-state index contributed by atoms with van der Waals surface area (Å²) in [5, 5.41) is 13.6. The van der Waals surface area contributed by atoms with Crippen molar-refractivity contribution in [1.29, 1.82) is 0 Å². The molecule has 0 saturated carbocycles. The first-order valence-electron chi connectivity index (χ1n) is 10.6. The number of fused-ring (bicyclic) bond motifs is 1. The first-order chi connectivity index (χ1) is 16.2. The molecule has 0 unspecified atom stereocenters. The van der Waals surface area contributed by atoms with E-state index >= 15 is 0 Å². The number of aliphatic hydroxyl groups excluding tert-OH is 1. The van der Waals surface area contributed by atoms with Crippen LogP contribution in [-0.4, -0.2) is 47.2 Å². The zero-order chi connectivity index (χ0) is 22.6. The van der Waals surface area contributed by atoms with Gasteiger partial charge in [-0.05, 0) is 29.7 Å². The van der Waals surface area contributed by atoms with Crippen molar-refractivity contribution in [2.24, 2.45) is 0 Å². The first-order valence-corrected chi connectivity index (χ1v) is 10.9. The SMILES string of the molecule is OC[C@H](Cc1ccccc1)Nc1ncnc(Cl)c1-c1nc2ccc(Cn3ccnc3)cc2[nH]1. The number of imidazole rings is 2. The van der Waals surface area contributed by atoms with E-state index in [2.05, 4.69) is 31.3 Å². The fourth-order valence-electron chi connectivity index (χ4n) is 3.80. The molecule has 3 N–H and O–H groups in total. The van der Waals surface area contributed by atoms with Crippen LogP contribution in [0.15, 0.2) is 73.6 Å². The van der Waals surface area contributed by atoms with Gasteiger partial charge in [-0.3, -0.25) is 0 Å². The van der Waals surface area contributed by atoms with Crippen LogP contribution in [0.5, 0.6) is 0 Å². The summed E-state index contributed by atoms with van der Waals surface area (Å²) in [5.41, 5.74) is 4.50. The van der Waals surface area contributed by atoms with E-state index < -0.39 is 0 Å². The number of aromatic nitrogens is 6. The number of aliphatic hydroxyl groups is 1. The van der Waals surface area contributed by atoms with Gasteiger partial charge in [-0.1, -0.05) is 48.0 Å². The maximum absolute atomic E-state index is 9.96. The third-order valence-corrected chi connectivity index (χ3v) is 5.68. The van der Waals surface area contributed by atoms with Crippen molar-refractivity contribution < 1.29 is 5.11 Å². The van der Waals surface area contributed by atoms with Gasteiger partial charge in [0.25, 0.3) is 0 Å². The molecular weight excluding hydrogens is 438 g/mol. The zero-order valence-electron chi connectivity index (χ0n) is 17.7. The van der Waals surface area contributed by atoms with Crippen molar-refractivity contribution in [3.63, 3.8) is 0 Å². The minimum atomic E-state index is -0.247. The van der Waals surface area contributed by atoms with Gasteiger partial charge in [0.15, 0.2) is 0 Å². The van der Waals surface area contributed by atoms with Crippen LogP contribution >= 0.6 is 11.6 Å². The third kappa shape index (κ3) is 4.72. The Balaban J connectivity index is 1.45. The fraction of sp³-hybridized carbons (Fsp3) is 0.167. The Bertz CT molecular complexity index is 1350.